The number of hydrogen-bond donors (Lipinski definition) is 3. The zero-order chi connectivity index (χ0) is 34.2. The van der Waals surface area contributed by atoms with Crippen LogP contribution in [0.4, 0.5) is 0 Å². The molecule has 258 valence electrons. The molecule has 0 fully saturated rings. The molecule has 0 bridgehead atoms. The van der Waals surface area contributed by atoms with Crippen molar-refractivity contribution in [3.05, 3.63) is 59.7 Å². The number of fused-ring (bicyclic) bond motifs is 1. The third-order valence-corrected chi connectivity index (χ3v) is 9.05. The van der Waals surface area contributed by atoms with Crippen molar-refractivity contribution < 1.29 is 28.7 Å². The van der Waals surface area contributed by atoms with Crippen molar-refractivity contribution in [1.82, 2.24) is 10.9 Å². The van der Waals surface area contributed by atoms with Crippen molar-refractivity contribution >= 4 is 33.6 Å². The van der Waals surface area contributed by atoms with Crippen LogP contribution in [-0.4, -0.2) is 29.2 Å². The number of carbonyl (C=O) groups excluding carboxylic acids is 2. The van der Waals surface area contributed by atoms with Gasteiger partial charge in [-0.2, -0.15) is 0 Å². The Morgan fingerprint density at radius 2 is 1.45 bits per heavy atom. The Kier molecular flexibility index (Phi) is 15.5. The lowest BCUT2D eigenvalue weighted by Gasteiger charge is -2.19. The lowest BCUT2D eigenvalue weighted by Crippen LogP contribution is -2.41. The monoisotopic (exact) mass is 667 g/mol. The van der Waals surface area contributed by atoms with E-state index in [1.165, 1.54) is 44.6 Å². The number of aromatic hydroxyl groups is 1. The van der Waals surface area contributed by atoms with Gasteiger partial charge in [0.1, 0.15) is 17.2 Å². The van der Waals surface area contributed by atoms with Gasteiger partial charge in [0, 0.05) is 29.5 Å². The topological polar surface area (TPSA) is 118 Å². The highest BCUT2D eigenvalue weighted by molar-refractivity contribution is 7.82. The van der Waals surface area contributed by atoms with Crippen LogP contribution in [0.3, 0.4) is 0 Å². The Hall–Kier alpha value is -3.63. The van der Waals surface area contributed by atoms with Gasteiger partial charge >= 0.3 is 0 Å². The van der Waals surface area contributed by atoms with E-state index in [1.54, 1.807) is 18.2 Å². The van der Waals surface area contributed by atoms with E-state index < -0.39 is 16.9 Å². The molecule has 3 N–H and O–H groups in total. The summed E-state index contributed by atoms with van der Waals surface area (Å²) in [6.07, 6.45) is 10.7. The summed E-state index contributed by atoms with van der Waals surface area (Å²) in [7, 11) is -0.725. The third-order valence-electron chi connectivity index (χ3n) is 7.79. The van der Waals surface area contributed by atoms with Gasteiger partial charge in [0.25, 0.3) is 5.91 Å². The Morgan fingerprint density at radius 3 is 2.06 bits per heavy atom. The average molecular weight is 668 g/mol. The predicted octanol–water partition coefficient (Wildman–Crippen LogP) is 9.38. The molecule has 1 atom stereocenters. The van der Waals surface area contributed by atoms with Crippen molar-refractivity contribution in [3.63, 3.8) is 0 Å². The molecular weight excluding hydrogens is 614 g/mol. The molecule has 0 spiro atoms. The smallest absolute Gasteiger partial charge is 0.273 e. The minimum absolute atomic E-state index is 0.0203. The summed E-state index contributed by atoms with van der Waals surface area (Å²) in [5, 5.41) is 12.2. The van der Waals surface area contributed by atoms with Gasteiger partial charge in [-0.1, -0.05) is 98.1 Å². The summed E-state index contributed by atoms with van der Waals surface area (Å²) < 4.78 is 16.1. The molecular formula is C37H53N3O6S. The van der Waals surface area contributed by atoms with Crippen LogP contribution >= 0.6 is 0 Å². The number of rotatable bonds is 18. The van der Waals surface area contributed by atoms with Gasteiger partial charge < -0.3 is 14.7 Å². The average Bonchev–Trinajstić information content (AvgIpc) is 3.05. The summed E-state index contributed by atoms with van der Waals surface area (Å²) in [4.78, 5) is 31.3. The summed E-state index contributed by atoms with van der Waals surface area (Å²) in [6, 6.07) is 14.3. The van der Waals surface area contributed by atoms with E-state index >= 15 is 0 Å². The highest BCUT2D eigenvalue weighted by Gasteiger charge is 2.21. The lowest BCUT2D eigenvalue weighted by atomic mass is 9.87. The van der Waals surface area contributed by atoms with E-state index in [4.69, 9.17) is 14.0 Å². The molecule has 0 aromatic heterocycles. The number of unbranched alkanes of at least 4 members (excludes halogenated alkanes) is 8. The Labute approximate surface area is 283 Å². The Morgan fingerprint density at radius 1 is 0.809 bits per heavy atom. The maximum atomic E-state index is 13.3. The second-order valence-corrected chi connectivity index (χ2v) is 14.3. The summed E-state index contributed by atoms with van der Waals surface area (Å²) in [5.41, 5.74) is 6.02. The first-order chi connectivity index (χ1) is 22.6. The van der Waals surface area contributed by atoms with Gasteiger partial charge in [-0.3, -0.25) is 20.4 Å². The summed E-state index contributed by atoms with van der Waals surface area (Å²) in [5.74, 6) is 0.685. The van der Waals surface area contributed by atoms with Gasteiger partial charge in [-0.25, -0.2) is 4.36 Å². The zero-order valence-electron chi connectivity index (χ0n) is 28.9. The van der Waals surface area contributed by atoms with Crippen LogP contribution in [0.2, 0.25) is 0 Å². The van der Waals surface area contributed by atoms with Crippen LogP contribution in [0, 0.1) is 0 Å². The minimum Gasteiger partial charge on any atom is -0.506 e. The largest absolute Gasteiger partial charge is 0.506 e. The molecule has 1 unspecified atom stereocenters. The highest BCUT2D eigenvalue weighted by atomic mass is 32.2. The molecule has 0 saturated heterocycles. The number of nitrogens with zero attached hydrogens (tertiary/aromatic N) is 1. The number of nitrogens with one attached hydrogen (secondary N) is 2. The van der Waals surface area contributed by atoms with Crippen molar-refractivity contribution in [2.24, 2.45) is 4.36 Å². The molecule has 2 amide bonds. The van der Waals surface area contributed by atoms with Crippen LogP contribution in [0.5, 0.6) is 23.0 Å². The van der Waals surface area contributed by atoms with Crippen LogP contribution in [0.1, 0.15) is 122 Å². The van der Waals surface area contributed by atoms with Gasteiger partial charge in [0.15, 0.2) is 5.75 Å². The number of amides is 2. The maximum Gasteiger partial charge on any atom is 0.273 e. The predicted molar refractivity (Wildman–Crippen MR) is 191 cm³/mol. The lowest BCUT2D eigenvalue weighted by molar-refractivity contribution is -0.122. The maximum absolute atomic E-state index is 13.3. The standard InChI is InChI=1S/C37H53N3O6S/c1-7-10-11-12-13-14-15-16-17-18-34(41)39-40-36(43)32-26-33(44-28-21-19-27(20-22-28)37(4,5)6)30-24-23-29(25-31(30)35(32)42)45-46-47(9-3)38-8-2/h19-26,42H,7-18H2,1-6H3,(H,39,41)(H,40,43). The first-order valence-corrected chi connectivity index (χ1v) is 18.3. The molecule has 0 aliphatic carbocycles. The number of hydrogen-bond acceptors (Lipinski definition) is 7. The normalized spacial score (nSPS) is 12.2. The molecule has 3 aromatic rings. The SMILES string of the molecule is CCCCCCCCCCCC(=O)NNC(=O)c1cc(Oc2ccc(C(C)(C)C)cc2)c2ccc(OOS(CC)=NCC)cc2c1O. The third kappa shape index (κ3) is 12.2. The second kappa shape index (κ2) is 19.3. The van der Waals surface area contributed by atoms with Crippen molar-refractivity contribution in [3.8, 4) is 23.0 Å². The summed E-state index contributed by atoms with van der Waals surface area (Å²) >= 11 is 0. The van der Waals surface area contributed by atoms with Crippen LogP contribution in [-0.2, 0) is 25.5 Å². The fourth-order valence-electron chi connectivity index (χ4n) is 5.05. The summed E-state index contributed by atoms with van der Waals surface area (Å²) in [6.45, 7) is 13.1. The van der Waals surface area contributed by atoms with Crippen molar-refractivity contribution in [2.45, 2.75) is 111 Å². The van der Waals surface area contributed by atoms with Crippen LogP contribution in [0.15, 0.2) is 52.9 Å². The Bertz CT molecular complexity index is 1480. The second-order valence-electron chi connectivity index (χ2n) is 12.6. The number of phenolic OH excluding ortho intramolecular Hbond substituents is 1. The fraction of sp³-hybridized carbons (Fsp3) is 0.514. The zero-order valence-corrected chi connectivity index (χ0v) is 29.8. The van der Waals surface area contributed by atoms with E-state index in [0.29, 0.717) is 46.7 Å². The number of hydrazine groups is 1. The van der Waals surface area contributed by atoms with E-state index in [1.807, 2.05) is 38.1 Å². The van der Waals surface area contributed by atoms with Crippen molar-refractivity contribution in [2.75, 3.05) is 12.3 Å². The molecule has 47 heavy (non-hydrogen) atoms. The minimum atomic E-state index is -0.725. The van der Waals surface area contributed by atoms with Crippen LogP contribution in [0.25, 0.3) is 10.8 Å². The molecule has 0 saturated carbocycles. The van der Waals surface area contributed by atoms with E-state index in [2.05, 4.69) is 42.9 Å². The number of phenols is 1. The molecule has 9 nitrogen and oxygen atoms in total. The molecule has 10 heteroatoms. The first-order valence-electron chi connectivity index (χ1n) is 17.0. The number of benzene rings is 3. The van der Waals surface area contributed by atoms with Gasteiger partial charge in [-0.15, -0.1) is 4.33 Å². The van der Waals surface area contributed by atoms with Gasteiger partial charge in [0.05, 0.1) is 16.5 Å². The van der Waals surface area contributed by atoms with Crippen LogP contribution < -0.4 is 20.5 Å². The molecule has 0 aliphatic rings. The molecule has 0 aliphatic heterocycles. The van der Waals surface area contributed by atoms with E-state index in [-0.39, 0.29) is 22.6 Å². The van der Waals surface area contributed by atoms with Crippen molar-refractivity contribution in [1.29, 1.82) is 0 Å². The van der Waals surface area contributed by atoms with E-state index in [0.717, 1.165) is 24.8 Å². The first kappa shape index (κ1) is 37.8. The fourth-order valence-corrected chi connectivity index (χ4v) is 5.82. The quantitative estimate of drug-likeness (QED) is 0.0707. The molecule has 0 heterocycles. The number of ether oxygens (including phenoxy) is 1. The Balaban J connectivity index is 1.76. The number of carbonyl (C=O) groups is 2. The highest BCUT2D eigenvalue weighted by Crippen LogP contribution is 2.40. The molecule has 0 radical (unpaired) electrons. The van der Waals surface area contributed by atoms with Gasteiger partial charge in [0.2, 0.25) is 5.91 Å². The molecule has 3 aromatic carbocycles. The molecule has 3 rings (SSSR count). The van der Waals surface area contributed by atoms with Gasteiger partial charge in [-0.05, 0) is 60.7 Å². The van der Waals surface area contributed by atoms with E-state index in [9.17, 15) is 14.7 Å².